The van der Waals surface area contributed by atoms with E-state index in [1.54, 1.807) is 20.8 Å². The Kier molecular flexibility index (Phi) is 5.87. The van der Waals surface area contributed by atoms with Crippen molar-refractivity contribution < 1.29 is 0 Å². The lowest BCUT2D eigenvalue weighted by Crippen LogP contribution is -2.21. The number of rotatable bonds is 3. The summed E-state index contributed by atoms with van der Waals surface area (Å²) in [4.78, 5) is 17.6. The fourth-order valence-corrected chi connectivity index (χ4v) is 2.51. The Bertz CT molecular complexity index is 1200. The topological polar surface area (TPSA) is 148 Å². The molecule has 1 heterocycles. The third-order valence-electron chi connectivity index (χ3n) is 4.20. The molecule has 0 fully saturated rings. The van der Waals surface area contributed by atoms with Gasteiger partial charge in [-0.2, -0.15) is 15.8 Å². The van der Waals surface area contributed by atoms with Crippen LogP contribution >= 0.6 is 0 Å². The first-order chi connectivity index (χ1) is 13.7. The molecule has 0 aliphatic heterocycles. The van der Waals surface area contributed by atoms with Gasteiger partial charge < -0.3 is 5.73 Å². The molecule has 8 heteroatoms. The number of hydrogen-bond donors (Lipinski definition) is 1. The monoisotopic (exact) mass is 382 g/mol. The summed E-state index contributed by atoms with van der Waals surface area (Å²) in [6, 6.07) is 5.95. The number of hydrogen-bond acceptors (Lipinski definition) is 8. The Morgan fingerprint density at radius 2 is 1.72 bits per heavy atom. The maximum Gasteiger partial charge on any atom is 0.162 e. The van der Waals surface area contributed by atoms with Crippen molar-refractivity contribution in [3.63, 3.8) is 0 Å². The Labute approximate surface area is 169 Å². The van der Waals surface area contributed by atoms with Crippen LogP contribution in [0.3, 0.4) is 0 Å². The van der Waals surface area contributed by atoms with E-state index in [1.807, 2.05) is 18.2 Å². The lowest BCUT2D eigenvalue weighted by molar-refractivity contribution is 1.03. The second-order valence-electron chi connectivity index (χ2n) is 6.35. The number of fused-ring (bicyclic) bond motifs is 1. The first-order valence-corrected chi connectivity index (χ1v) is 8.46. The third-order valence-corrected chi connectivity index (χ3v) is 4.20. The predicted molar refractivity (Wildman–Crippen MR) is 110 cm³/mol. The van der Waals surface area contributed by atoms with Gasteiger partial charge in [0.2, 0.25) is 0 Å². The quantitative estimate of drug-likeness (QED) is 0.627. The Balaban J connectivity index is 2.95. The standard InChI is InChI=1S/C21H18N8/c1-10(2)15(8-23)27-17-12(4)18-20(26-14(6)16(9-24)28-18)19(13(17)5)29-21(25)11(3)7-22/h1,5,25H2,2-4,6H3/b21-11+,27-15-,29-19+. The fourth-order valence-electron chi connectivity index (χ4n) is 2.51. The third kappa shape index (κ3) is 3.85. The van der Waals surface area contributed by atoms with Crippen molar-refractivity contribution in [3.8, 4) is 18.2 Å². The molecule has 1 aromatic heterocycles. The predicted octanol–water partition coefficient (Wildman–Crippen LogP) is 3.00. The number of allylic oxidation sites excluding steroid dienone is 4. The molecule has 0 atom stereocenters. The SMILES string of the molecule is C=C(C)/C(C#N)=N\C1=C(C)c2nc(C#N)c(C)nc2/C(=N/C(N)=C(\C)C#N)C1=C. The summed E-state index contributed by atoms with van der Waals surface area (Å²) in [7, 11) is 0. The molecular weight excluding hydrogens is 364 g/mol. The maximum absolute atomic E-state index is 9.37. The summed E-state index contributed by atoms with van der Waals surface area (Å²) in [5.74, 6) is 0.00158. The van der Waals surface area contributed by atoms with Crippen LogP contribution < -0.4 is 5.73 Å². The van der Waals surface area contributed by atoms with Crippen LogP contribution in [0.1, 0.15) is 43.5 Å². The van der Waals surface area contributed by atoms with Crippen LogP contribution in [-0.2, 0) is 0 Å². The number of nitriles is 3. The van der Waals surface area contributed by atoms with Gasteiger partial charge >= 0.3 is 0 Å². The van der Waals surface area contributed by atoms with Gasteiger partial charge in [-0.05, 0) is 33.3 Å². The second-order valence-corrected chi connectivity index (χ2v) is 6.35. The summed E-state index contributed by atoms with van der Waals surface area (Å²) in [6.45, 7) is 14.4. The summed E-state index contributed by atoms with van der Waals surface area (Å²) in [5, 5.41) is 27.8. The van der Waals surface area contributed by atoms with Crippen molar-refractivity contribution in [1.29, 1.82) is 15.8 Å². The van der Waals surface area contributed by atoms with E-state index in [9.17, 15) is 10.5 Å². The highest BCUT2D eigenvalue weighted by Gasteiger charge is 2.29. The maximum atomic E-state index is 9.37. The van der Waals surface area contributed by atoms with Crippen LogP contribution in [0.2, 0.25) is 0 Å². The Morgan fingerprint density at radius 1 is 1.07 bits per heavy atom. The zero-order chi connectivity index (χ0) is 21.9. The number of nitrogens with zero attached hydrogens (tertiary/aromatic N) is 7. The fraction of sp³-hybridized carbons (Fsp3) is 0.190. The molecule has 0 spiro atoms. The summed E-state index contributed by atoms with van der Waals surface area (Å²) in [6.07, 6.45) is 0. The molecule has 0 aromatic carbocycles. The molecule has 0 saturated heterocycles. The van der Waals surface area contributed by atoms with E-state index in [4.69, 9.17) is 11.0 Å². The van der Waals surface area contributed by atoms with Gasteiger partial charge in [0.05, 0.1) is 28.7 Å². The van der Waals surface area contributed by atoms with Crippen LogP contribution in [-0.4, -0.2) is 21.4 Å². The average Bonchev–Trinajstić information content (AvgIpc) is 2.69. The van der Waals surface area contributed by atoms with Crippen molar-refractivity contribution >= 4 is 17.0 Å². The van der Waals surface area contributed by atoms with Crippen molar-refractivity contribution in [1.82, 2.24) is 9.97 Å². The van der Waals surface area contributed by atoms with Crippen molar-refractivity contribution in [2.24, 2.45) is 15.7 Å². The van der Waals surface area contributed by atoms with Crippen LogP contribution in [0.25, 0.3) is 5.57 Å². The molecule has 1 aromatic rings. The molecule has 1 aliphatic rings. The zero-order valence-corrected chi connectivity index (χ0v) is 16.6. The molecule has 0 bridgehead atoms. The van der Waals surface area contributed by atoms with Gasteiger partial charge in [0.15, 0.2) is 5.69 Å². The summed E-state index contributed by atoms with van der Waals surface area (Å²) in [5.41, 5.74) is 9.71. The number of aliphatic imine (C=N–C) groups is 2. The van der Waals surface area contributed by atoms with Crippen LogP contribution in [0.4, 0.5) is 0 Å². The van der Waals surface area contributed by atoms with E-state index in [1.165, 1.54) is 6.92 Å². The van der Waals surface area contributed by atoms with E-state index in [0.29, 0.717) is 39.5 Å². The zero-order valence-electron chi connectivity index (χ0n) is 16.6. The second kappa shape index (κ2) is 8.12. The van der Waals surface area contributed by atoms with E-state index >= 15 is 0 Å². The smallest absolute Gasteiger partial charge is 0.162 e. The highest BCUT2D eigenvalue weighted by atomic mass is 15.0. The van der Waals surface area contributed by atoms with Gasteiger partial charge in [-0.3, -0.25) is 0 Å². The molecule has 2 N–H and O–H groups in total. The average molecular weight is 382 g/mol. The minimum Gasteiger partial charge on any atom is -0.383 e. The minimum atomic E-state index is 0.00158. The number of aromatic nitrogens is 2. The van der Waals surface area contributed by atoms with Crippen LogP contribution in [0.5, 0.6) is 0 Å². The van der Waals surface area contributed by atoms with E-state index < -0.39 is 0 Å². The molecule has 1 aliphatic carbocycles. The number of aryl methyl sites for hydroxylation is 1. The molecule has 142 valence electrons. The minimum absolute atomic E-state index is 0.00158. The van der Waals surface area contributed by atoms with Crippen LogP contribution in [0, 0.1) is 40.9 Å². The molecule has 29 heavy (non-hydrogen) atoms. The first-order valence-electron chi connectivity index (χ1n) is 8.46. The van der Waals surface area contributed by atoms with Crippen molar-refractivity contribution in [3.05, 3.63) is 64.2 Å². The van der Waals surface area contributed by atoms with Gasteiger partial charge in [-0.15, -0.1) is 0 Å². The van der Waals surface area contributed by atoms with E-state index in [-0.39, 0.29) is 28.5 Å². The van der Waals surface area contributed by atoms with Crippen molar-refractivity contribution in [2.45, 2.75) is 27.7 Å². The Hall–Kier alpha value is -4.35. The molecule has 0 unspecified atom stereocenters. The normalized spacial score (nSPS) is 15.8. The van der Waals surface area contributed by atoms with Gasteiger partial charge in [0.1, 0.15) is 35.1 Å². The lowest BCUT2D eigenvalue weighted by atomic mass is 9.91. The first kappa shape index (κ1) is 21.0. The molecular formula is C21H18N8. The molecule has 0 radical (unpaired) electrons. The van der Waals surface area contributed by atoms with Crippen LogP contribution in [0.15, 0.2) is 51.4 Å². The molecule has 2 rings (SSSR count). The van der Waals surface area contributed by atoms with E-state index in [2.05, 4.69) is 33.1 Å². The molecule has 0 saturated carbocycles. The highest BCUT2D eigenvalue weighted by Crippen LogP contribution is 2.34. The Morgan fingerprint density at radius 3 is 2.24 bits per heavy atom. The molecule has 0 amide bonds. The van der Waals surface area contributed by atoms with E-state index in [0.717, 1.165) is 0 Å². The molecule has 8 nitrogen and oxygen atoms in total. The van der Waals surface area contributed by atoms with Gasteiger partial charge in [-0.1, -0.05) is 13.2 Å². The highest BCUT2D eigenvalue weighted by molar-refractivity contribution is 6.21. The van der Waals surface area contributed by atoms with Gasteiger partial charge in [0.25, 0.3) is 0 Å². The largest absolute Gasteiger partial charge is 0.383 e. The van der Waals surface area contributed by atoms with Gasteiger partial charge in [0, 0.05) is 11.1 Å². The number of nitrogens with two attached hydrogens (primary N) is 1. The summed E-state index contributed by atoms with van der Waals surface area (Å²) >= 11 is 0. The van der Waals surface area contributed by atoms with Gasteiger partial charge in [-0.25, -0.2) is 20.0 Å². The summed E-state index contributed by atoms with van der Waals surface area (Å²) < 4.78 is 0. The van der Waals surface area contributed by atoms with Crippen molar-refractivity contribution in [2.75, 3.05) is 0 Å². The lowest BCUT2D eigenvalue weighted by Gasteiger charge is -2.22.